The summed E-state index contributed by atoms with van der Waals surface area (Å²) >= 11 is 6.39. The molecule has 0 atom stereocenters. The quantitative estimate of drug-likeness (QED) is 0.497. The van der Waals surface area contributed by atoms with Gasteiger partial charge in [-0.3, -0.25) is 9.59 Å². The van der Waals surface area contributed by atoms with E-state index < -0.39 is 5.91 Å². The van der Waals surface area contributed by atoms with E-state index in [4.69, 9.17) is 11.6 Å². The number of para-hydroxylation sites is 1. The molecule has 3 rings (SSSR count). The van der Waals surface area contributed by atoms with Crippen molar-refractivity contribution in [3.8, 4) is 5.69 Å². The Morgan fingerprint density at radius 3 is 2.43 bits per heavy atom. The Kier molecular flexibility index (Phi) is 6.18. The number of rotatable bonds is 6. The summed E-state index contributed by atoms with van der Waals surface area (Å²) in [6, 6.07) is 18.1. The molecular formula is C20H18ClN5O2. The van der Waals surface area contributed by atoms with Crippen molar-refractivity contribution in [1.29, 1.82) is 0 Å². The number of aryl methyl sites for hydroxylation is 1. The largest absolute Gasteiger partial charge is 0.343 e. The molecular weight excluding hydrogens is 378 g/mol. The topological polar surface area (TPSA) is 88.4 Å². The Morgan fingerprint density at radius 1 is 1.11 bits per heavy atom. The van der Waals surface area contributed by atoms with Gasteiger partial charge in [0.1, 0.15) is 5.15 Å². The summed E-state index contributed by atoms with van der Waals surface area (Å²) in [6.45, 7) is 1.61. The van der Waals surface area contributed by atoms with Crippen LogP contribution in [0, 0.1) is 6.92 Å². The Balaban J connectivity index is 1.58. The Bertz CT molecular complexity index is 1000. The molecule has 1 heterocycles. The summed E-state index contributed by atoms with van der Waals surface area (Å²) in [5, 5.41) is 11.2. The number of nitrogens with one attached hydrogen (secondary N) is 2. The Labute approximate surface area is 167 Å². The number of hydrazone groups is 1. The van der Waals surface area contributed by atoms with Gasteiger partial charge in [0.15, 0.2) is 0 Å². The lowest BCUT2D eigenvalue weighted by Crippen LogP contribution is -2.34. The number of halogens is 1. The van der Waals surface area contributed by atoms with Crippen molar-refractivity contribution in [2.24, 2.45) is 5.10 Å². The lowest BCUT2D eigenvalue weighted by atomic mass is 10.2. The van der Waals surface area contributed by atoms with Crippen LogP contribution in [0.25, 0.3) is 5.69 Å². The van der Waals surface area contributed by atoms with E-state index in [-0.39, 0.29) is 12.5 Å². The molecule has 0 radical (unpaired) electrons. The third kappa shape index (κ3) is 4.63. The van der Waals surface area contributed by atoms with Gasteiger partial charge in [-0.25, -0.2) is 10.1 Å². The van der Waals surface area contributed by atoms with Gasteiger partial charge in [-0.2, -0.15) is 10.2 Å². The van der Waals surface area contributed by atoms with Crippen LogP contribution in [0.3, 0.4) is 0 Å². The number of aromatic nitrogens is 2. The molecule has 0 bridgehead atoms. The highest BCUT2D eigenvalue weighted by atomic mass is 35.5. The first kappa shape index (κ1) is 19.3. The zero-order valence-corrected chi connectivity index (χ0v) is 15.8. The SMILES string of the molecule is Cc1nn(-c2ccccc2)c(Cl)c1/C=N\NC(=O)CNC(=O)c1ccccc1. The number of hydrogen-bond donors (Lipinski definition) is 2. The van der Waals surface area contributed by atoms with E-state index in [2.05, 4.69) is 20.9 Å². The molecule has 0 saturated heterocycles. The van der Waals surface area contributed by atoms with Gasteiger partial charge < -0.3 is 5.32 Å². The van der Waals surface area contributed by atoms with Crippen LogP contribution in [-0.2, 0) is 4.79 Å². The van der Waals surface area contributed by atoms with E-state index in [9.17, 15) is 9.59 Å². The van der Waals surface area contributed by atoms with E-state index >= 15 is 0 Å². The standard InChI is InChI=1S/C20H18ClN5O2/c1-14-17(19(21)26(25-14)16-10-6-3-7-11-16)12-23-24-18(27)13-22-20(28)15-8-4-2-5-9-15/h2-12H,13H2,1H3,(H,22,28)(H,24,27)/b23-12-. The minimum Gasteiger partial charge on any atom is -0.343 e. The summed E-state index contributed by atoms with van der Waals surface area (Å²) in [5.41, 5.74) is 4.93. The molecule has 0 aliphatic rings. The molecule has 2 aromatic carbocycles. The lowest BCUT2D eigenvalue weighted by molar-refractivity contribution is -0.120. The molecule has 0 aliphatic heterocycles. The van der Waals surface area contributed by atoms with Crippen LogP contribution >= 0.6 is 11.6 Å². The smallest absolute Gasteiger partial charge is 0.259 e. The Morgan fingerprint density at radius 2 is 1.75 bits per heavy atom. The van der Waals surface area contributed by atoms with Crippen LogP contribution in [0.2, 0.25) is 5.15 Å². The summed E-state index contributed by atoms with van der Waals surface area (Å²) in [7, 11) is 0. The van der Waals surface area contributed by atoms with E-state index in [0.717, 1.165) is 5.69 Å². The molecule has 2 amide bonds. The van der Waals surface area contributed by atoms with Gasteiger partial charge in [-0.05, 0) is 31.2 Å². The highest BCUT2D eigenvalue weighted by molar-refractivity contribution is 6.32. The number of carbonyl (C=O) groups is 2. The third-order valence-corrected chi connectivity index (χ3v) is 4.24. The summed E-state index contributed by atoms with van der Waals surface area (Å²) in [4.78, 5) is 23.8. The molecule has 2 N–H and O–H groups in total. The first-order chi connectivity index (χ1) is 13.6. The summed E-state index contributed by atoms with van der Waals surface area (Å²) in [6.07, 6.45) is 1.43. The van der Waals surface area contributed by atoms with Crippen molar-refractivity contribution in [3.63, 3.8) is 0 Å². The van der Waals surface area contributed by atoms with Gasteiger partial charge in [-0.1, -0.05) is 48.0 Å². The van der Waals surface area contributed by atoms with E-state index in [0.29, 0.717) is 22.0 Å². The van der Waals surface area contributed by atoms with Gasteiger partial charge in [0.2, 0.25) is 0 Å². The first-order valence-electron chi connectivity index (χ1n) is 8.52. The fraction of sp³-hybridized carbons (Fsp3) is 0.100. The van der Waals surface area contributed by atoms with Gasteiger partial charge >= 0.3 is 0 Å². The molecule has 0 saturated carbocycles. The van der Waals surface area contributed by atoms with Crippen molar-refractivity contribution in [2.75, 3.05) is 6.54 Å². The van der Waals surface area contributed by atoms with Crippen molar-refractivity contribution < 1.29 is 9.59 Å². The van der Waals surface area contributed by atoms with Gasteiger partial charge in [-0.15, -0.1) is 0 Å². The molecule has 0 spiro atoms. The van der Waals surface area contributed by atoms with Gasteiger partial charge in [0, 0.05) is 5.56 Å². The first-order valence-corrected chi connectivity index (χ1v) is 8.89. The van der Waals surface area contributed by atoms with Crippen LogP contribution in [0.1, 0.15) is 21.6 Å². The molecule has 142 valence electrons. The maximum absolute atomic E-state index is 11.9. The molecule has 0 fully saturated rings. The third-order valence-electron chi connectivity index (χ3n) is 3.88. The van der Waals surface area contributed by atoms with Crippen LogP contribution in [-0.4, -0.2) is 34.4 Å². The maximum Gasteiger partial charge on any atom is 0.259 e. The van der Waals surface area contributed by atoms with Crippen LogP contribution in [0.5, 0.6) is 0 Å². The number of carbonyl (C=O) groups excluding carboxylic acids is 2. The predicted octanol–water partition coefficient (Wildman–Crippen LogP) is 2.71. The van der Waals surface area contributed by atoms with E-state index in [1.165, 1.54) is 6.21 Å². The number of amides is 2. The maximum atomic E-state index is 11.9. The molecule has 28 heavy (non-hydrogen) atoms. The normalized spacial score (nSPS) is 10.8. The molecule has 8 heteroatoms. The highest BCUT2D eigenvalue weighted by Gasteiger charge is 2.13. The minimum absolute atomic E-state index is 0.193. The number of nitrogens with zero attached hydrogens (tertiary/aromatic N) is 3. The van der Waals surface area contributed by atoms with Crippen LogP contribution < -0.4 is 10.7 Å². The zero-order chi connectivity index (χ0) is 19.9. The average molecular weight is 396 g/mol. The lowest BCUT2D eigenvalue weighted by Gasteiger charge is -2.04. The molecule has 0 unspecified atom stereocenters. The average Bonchev–Trinajstić information content (AvgIpc) is 3.01. The Hall–Kier alpha value is -3.45. The van der Waals surface area contributed by atoms with Crippen molar-refractivity contribution in [1.82, 2.24) is 20.5 Å². The van der Waals surface area contributed by atoms with Gasteiger partial charge in [0.25, 0.3) is 11.8 Å². The van der Waals surface area contributed by atoms with Crippen molar-refractivity contribution in [2.45, 2.75) is 6.92 Å². The van der Waals surface area contributed by atoms with Crippen LogP contribution in [0.4, 0.5) is 0 Å². The zero-order valence-electron chi connectivity index (χ0n) is 15.1. The second-order valence-corrected chi connectivity index (χ2v) is 6.24. The summed E-state index contributed by atoms with van der Waals surface area (Å²) in [5.74, 6) is -0.785. The number of benzene rings is 2. The highest BCUT2D eigenvalue weighted by Crippen LogP contribution is 2.21. The second-order valence-electron chi connectivity index (χ2n) is 5.88. The monoisotopic (exact) mass is 395 g/mol. The van der Waals surface area contributed by atoms with Gasteiger partial charge in [0.05, 0.1) is 29.7 Å². The summed E-state index contributed by atoms with van der Waals surface area (Å²) < 4.78 is 1.60. The minimum atomic E-state index is -0.454. The van der Waals surface area contributed by atoms with E-state index in [1.54, 1.807) is 35.9 Å². The molecule has 3 aromatic rings. The van der Waals surface area contributed by atoms with Crippen molar-refractivity contribution >= 4 is 29.6 Å². The van der Waals surface area contributed by atoms with Crippen molar-refractivity contribution in [3.05, 3.63) is 82.6 Å². The van der Waals surface area contributed by atoms with Crippen LogP contribution in [0.15, 0.2) is 65.8 Å². The fourth-order valence-corrected chi connectivity index (χ4v) is 2.78. The number of hydrogen-bond acceptors (Lipinski definition) is 4. The fourth-order valence-electron chi connectivity index (χ4n) is 2.46. The molecule has 1 aromatic heterocycles. The van der Waals surface area contributed by atoms with E-state index in [1.807, 2.05) is 36.4 Å². The molecule has 7 nitrogen and oxygen atoms in total. The molecule has 0 aliphatic carbocycles. The predicted molar refractivity (Wildman–Crippen MR) is 108 cm³/mol. The second kappa shape index (κ2) is 8.96.